The fourth-order valence-electron chi connectivity index (χ4n) is 2.41. The number of aromatic nitrogens is 1. The first-order chi connectivity index (χ1) is 9.08. The summed E-state index contributed by atoms with van der Waals surface area (Å²) in [6.07, 6.45) is 5.16. The number of aliphatic hydroxyl groups is 1. The first-order valence-electron chi connectivity index (χ1n) is 6.00. The Bertz CT molecular complexity index is 664. The molecule has 0 saturated heterocycles. The van der Waals surface area contributed by atoms with Gasteiger partial charge in [0.05, 0.1) is 0 Å². The van der Waals surface area contributed by atoms with Crippen molar-refractivity contribution in [3.63, 3.8) is 0 Å². The summed E-state index contributed by atoms with van der Waals surface area (Å²) in [4.78, 5) is 16.1. The molecule has 5 heteroatoms. The van der Waals surface area contributed by atoms with Gasteiger partial charge >= 0.3 is 5.97 Å². The fourth-order valence-corrected chi connectivity index (χ4v) is 3.39. The van der Waals surface area contributed by atoms with Crippen LogP contribution in [-0.2, 0) is 15.1 Å². The molecule has 2 atom stereocenters. The Morgan fingerprint density at radius 2 is 2.47 bits per heavy atom. The van der Waals surface area contributed by atoms with Crippen LogP contribution in [-0.4, -0.2) is 22.2 Å². The molecule has 4 nitrogen and oxygen atoms in total. The van der Waals surface area contributed by atoms with Gasteiger partial charge in [0.25, 0.3) is 0 Å². The van der Waals surface area contributed by atoms with Crippen LogP contribution in [0.15, 0.2) is 35.9 Å². The molecule has 19 heavy (non-hydrogen) atoms. The minimum Gasteiger partial charge on any atom is -0.458 e. The molecule has 1 N–H and O–H groups in total. The van der Waals surface area contributed by atoms with E-state index in [1.165, 1.54) is 18.3 Å². The second-order valence-electron chi connectivity index (χ2n) is 4.64. The number of ether oxygens (including phenoxy) is 1. The zero-order chi connectivity index (χ0) is 13.5. The van der Waals surface area contributed by atoms with Crippen LogP contribution in [0.4, 0.5) is 0 Å². The van der Waals surface area contributed by atoms with Crippen molar-refractivity contribution >= 4 is 27.5 Å². The quantitative estimate of drug-likeness (QED) is 0.675. The Balaban J connectivity index is 1.94. The van der Waals surface area contributed by atoms with E-state index in [1.54, 1.807) is 18.3 Å². The van der Waals surface area contributed by atoms with Crippen molar-refractivity contribution in [1.82, 2.24) is 4.98 Å². The number of nitrogens with zero attached hydrogens (tertiary/aromatic N) is 1. The lowest BCUT2D eigenvalue weighted by atomic mass is 9.93. The third kappa shape index (κ3) is 2.15. The van der Waals surface area contributed by atoms with Crippen molar-refractivity contribution in [3.05, 3.63) is 41.4 Å². The molecule has 2 heterocycles. The van der Waals surface area contributed by atoms with Crippen molar-refractivity contribution in [1.29, 1.82) is 0 Å². The van der Waals surface area contributed by atoms with Crippen LogP contribution in [0.1, 0.15) is 18.9 Å². The van der Waals surface area contributed by atoms with Gasteiger partial charge in [-0.2, -0.15) is 0 Å². The van der Waals surface area contributed by atoms with Gasteiger partial charge in [0.2, 0.25) is 0 Å². The number of hydrogen-bond acceptors (Lipinski definition) is 5. The molecule has 1 aliphatic rings. The largest absolute Gasteiger partial charge is 0.458 e. The first-order valence-corrected chi connectivity index (χ1v) is 6.88. The second kappa shape index (κ2) is 4.43. The van der Waals surface area contributed by atoms with E-state index in [9.17, 15) is 9.90 Å². The van der Waals surface area contributed by atoms with Crippen LogP contribution in [0.2, 0.25) is 0 Å². The van der Waals surface area contributed by atoms with Crippen molar-refractivity contribution in [2.45, 2.75) is 25.0 Å². The Morgan fingerprint density at radius 1 is 1.63 bits per heavy atom. The maximum absolute atomic E-state index is 11.0. The Kier molecular flexibility index (Phi) is 2.88. The molecule has 0 aromatic carbocycles. The van der Waals surface area contributed by atoms with Gasteiger partial charge in [-0.25, -0.2) is 4.98 Å². The molecule has 2 unspecified atom stereocenters. The van der Waals surface area contributed by atoms with Gasteiger partial charge in [-0.15, -0.1) is 11.3 Å². The van der Waals surface area contributed by atoms with E-state index < -0.39 is 5.60 Å². The molecule has 0 bridgehead atoms. The zero-order valence-electron chi connectivity index (χ0n) is 10.4. The van der Waals surface area contributed by atoms with Crippen LogP contribution in [0.5, 0.6) is 0 Å². The summed E-state index contributed by atoms with van der Waals surface area (Å²) in [5.74, 6) is -0.337. The summed E-state index contributed by atoms with van der Waals surface area (Å²) in [7, 11) is 0. The molecule has 0 fully saturated rings. The lowest BCUT2D eigenvalue weighted by Crippen LogP contribution is -2.24. The molecular formula is C14H13NO3S. The summed E-state index contributed by atoms with van der Waals surface area (Å²) in [5.41, 5.74) is -0.256. The summed E-state index contributed by atoms with van der Waals surface area (Å²) in [6.45, 7) is 1.37. The molecule has 0 saturated carbocycles. The Hall–Kier alpha value is -1.72. The summed E-state index contributed by atoms with van der Waals surface area (Å²) in [6, 6.07) is 3.79. The third-order valence-corrected chi connectivity index (χ3v) is 4.13. The van der Waals surface area contributed by atoms with E-state index in [0.29, 0.717) is 6.42 Å². The van der Waals surface area contributed by atoms with Crippen LogP contribution < -0.4 is 0 Å². The fraction of sp³-hybridized carbons (Fsp3) is 0.286. The predicted octanol–water partition coefficient (Wildman–Crippen LogP) is 2.38. The lowest BCUT2D eigenvalue weighted by Gasteiger charge is -2.21. The predicted molar refractivity (Wildman–Crippen MR) is 72.8 cm³/mol. The average molecular weight is 275 g/mol. The van der Waals surface area contributed by atoms with E-state index in [2.05, 4.69) is 4.98 Å². The van der Waals surface area contributed by atoms with Crippen LogP contribution >= 0.6 is 11.3 Å². The molecule has 3 rings (SSSR count). The van der Waals surface area contributed by atoms with Crippen LogP contribution in [0.25, 0.3) is 10.2 Å². The van der Waals surface area contributed by atoms with Crippen LogP contribution in [0, 0.1) is 0 Å². The molecular weight excluding hydrogens is 262 g/mol. The lowest BCUT2D eigenvalue weighted by molar-refractivity contribution is -0.145. The van der Waals surface area contributed by atoms with Gasteiger partial charge in [0, 0.05) is 30.5 Å². The first kappa shape index (κ1) is 12.3. The number of pyridine rings is 1. The minimum absolute atomic E-state index is 0.337. The summed E-state index contributed by atoms with van der Waals surface area (Å²) in [5, 5.41) is 13.6. The summed E-state index contributed by atoms with van der Waals surface area (Å²) < 4.78 is 5.12. The highest BCUT2D eigenvalue weighted by Gasteiger charge is 2.37. The summed E-state index contributed by atoms with van der Waals surface area (Å²) >= 11 is 1.50. The number of rotatable bonds is 2. The Morgan fingerprint density at radius 3 is 3.26 bits per heavy atom. The monoisotopic (exact) mass is 275 g/mol. The number of thiophene rings is 1. The van der Waals surface area contributed by atoms with Gasteiger partial charge < -0.3 is 9.84 Å². The highest BCUT2D eigenvalue weighted by atomic mass is 32.1. The smallest absolute Gasteiger partial charge is 0.303 e. The normalized spacial score (nSPS) is 25.9. The number of esters is 1. The van der Waals surface area contributed by atoms with Crippen molar-refractivity contribution in [3.8, 4) is 0 Å². The van der Waals surface area contributed by atoms with Gasteiger partial charge in [-0.1, -0.05) is 6.07 Å². The van der Waals surface area contributed by atoms with Gasteiger partial charge in [-0.3, -0.25) is 4.79 Å². The topological polar surface area (TPSA) is 59.4 Å². The highest BCUT2D eigenvalue weighted by molar-refractivity contribution is 7.16. The molecule has 98 valence electrons. The highest BCUT2D eigenvalue weighted by Crippen LogP contribution is 2.40. The molecule has 2 aromatic rings. The molecule has 1 aliphatic carbocycles. The van der Waals surface area contributed by atoms with Gasteiger partial charge in [-0.05, 0) is 23.6 Å². The van der Waals surface area contributed by atoms with E-state index in [-0.39, 0.29) is 12.1 Å². The van der Waals surface area contributed by atoms with Crippen molar-refractivity contribution in [2.75, 3.05) is 0 Å². The molecule has 0 radical (unpaired) electrons. The number of fused-ring (bicyclic) bond motifs is 1. The van der Waals surface area contributed by atoms with Crippen LogP contribution in [0.3, 0.4) is 0 Å². The van der Waals surface area contributed by atoms with Gasteiger partial charge in [0.15, 0.2) is 0 Å². The average Bonchev–Trinajstić information content (AvgIpc) is 2.93. The number of carbonyl (C=O) groups excluding carboxylic acids is 1. The van der Waals surface area contributed by atoms with E-state index in [1.807, 2.05) is 17.5 Å². The maximum Gasteiger partial charge on any atom is 0.303 e. The van der Waals surface area contributed by atoms with E-state index >= 15 is 0 Å². The van der Waals surface area contributed by atoms with Crippen molar-refractivity contribution in [2.24, 2.45) is 0 Å². The zero-order valence-corrected chi connectivity index (χ0v) is 11.2. The Labute approximate surface area is 114 Å². The van der Waals surface area contributed by atoms with Gasteiger partial charge in [0.1, 0.15) is 16.5 Å². The van der Waals surface area contributed by atoms with E-state index in [0.717, 1.165) is 15.8 Å². The molecule has 0 aliphatic heterocycles. The second-order valence-corrected chi connectivity index (χ2v) is 5.50. The third-order valence-electron chi connectivity index (χ3n) is 3.23. The number of hydrogen-bond donors (Lipinski definition) is 1. The standard InChI is InChI=1S/C14H13NO3S/c1-9(16)18-10-4-5-14(17,7-10)12-8-19-13-11(12)3-2-6-15-13/h2-6,8,10,17H,7H2,1H3. The molecule has 0 spiro atoms. The minimum atomic E-state index is -1.08. The van der Waals surface area contributed by atoms with E-state index in [4.69, 9.17) is 4.74 Å². The molecule has 0 amide bonds. The van der Waals surface area contributed by atoms with Crippen molar-refractivity contribution < 1.29 is 14.6 Å². The number of carbonyl (C=O) groups is 1. The maximum atomic E-state index is 11.0. The SMILES string of the molecule is CC(=O)OC1C=CC(O)(c2csc3ncccc23)C1. The molecule has 2 aromatic heterocycles.